The van der Waals surface area contributed by atoms with Crippen LogP contribution >= 0.6 is 23.4 Å². The van der Waals surface area contributed by atoms with E-state index in [9.17, 15) is 9.59 Å². The Balaban J connectivity index is 1.73. The zero-order valence-corrected chi connectivity index (χ0v) is 14.1. The third-order valence-corrected chi connectivity index (χ3v) is 5.15. The van der Waals surface area contributed by atoms with Crippen LogP contribution in [0.25, 0.3) is 0 Å². The number of hydrogen-bond donors (Lipinski definition) is 1. The van der Waals surface area contributed by atoms with Gasteiger partial charge in [-0.2, -0.15) is 0 Å². The number of carboxylic acids is 1. The Hall–Kier alpha value is -2.12. The smallest absolute Gasteiger partial charge is 0.326 e. The number of benzene rings is 1. The number of rotatable bonds is 4. The van der Waals surface area contributed by atoms with E-state index in [1.165, 1.54) is 16.7 Å². The first kappa shape index (κ1) is 16.7. The fourth-order valence-electron chi connectivity index (χ4n) is 2.54. The number of nitrogens with zero attached hydrogens (tertiary/aromatic N) is 3. The number of halogens is 1. The van der Waals surface area contributed by atoms with Crippen molar-refractivity contribution in [3.05, 3.63) is 47.1 Å². The van der Waals surface area contributed by atoms with Crippen LogP contribution < -0.4 is 0 Å². The second-order valence-electron chi connectivity index (χ2n) is 5.28. The molecule has 1 aliphatic rings. The average molecular weight is 364 g/mol. The predicted octanol–water partition coefficient (Wildman–Crippen LogP) is 2.97. The van der Waals surface area contributed by atoms with Crippen molar-refractivity contribution in [3.63, 3.8) is 0 Å². The number of aromatic nitrogens is 2. The minimum atomic E-state index is -0.986. The molecule has 1 aromatic carbocycles. The van der Waals surface area contributed by atoms with Crippen LogP contribution in [0.3, 0.4) is 0 Å². The molecule has 1 N–H and O–H groups in total. The lowest BCUT2D eigenvalue weighted by Gasteiger charge is -2.20. The van der Waals surface area contributed by atoms with E-state index < -0.39 is 17.9 Å². The summed E-state index contributed by atoms with van der Waals surface area (Å²) in [7, 11) is 0. The first-order chi connectivity index (χ1) is 11.6. The molecule has 124 valence electrons. The van der Waals surface area contributed by atoms with Crippen molar-refractivity contribution < 1.29 is 14.7 Å². The largest absolute Gasteiger partial charge is 0.480 e. The van der Waals surface area contributed by atoms with E-state index in [0.717, 1.165) is 4.90 Å². The standard InChI is InChI=1S/C16H14ClN3O3S/c17-10-4-1-2-6-13(10)24-14-8-7-11(18-19-14)15(21)20-9-3-5-12(20)16(22)23/h1-2,4,6-8,12H,3,5,9H2,(H,22,23)/t12-/m1/s1. The molecular formula is C16H14ClN3O3S. The van der Waals surface area contributed by atoms with Gasteiger partial charge in [0.2, 0.25) is 0 Å². The van der Waals surface area contributed by atoms with E-state index in [4.69, 9.17) is 16.7 Å². The molecule has 24 heavy (non-hydrogen) atoms. The summed E-state index contributed by atoms with van der Waals surface area (Å²) >= 11 is 7.45. The minimum absolute atomic E-state index is 0.145. The van der Waals surface area contributed by atoms with E-state index in [1.807, 2.05) is 18.2 Å². The summed E-state index contributed by atoms with van der Waals surface area (Å²) in [5.74, 6) is -1.39. The predicted molar refractivity (Wildman–Crippen MR) is 89.3 cm³/mol. The van der Waals surface area contributed by atoms with Gasteiger partial charge in [0.1, 0.15) is 11.1 Å². The molecule has 3 rings (SSSR count). The Morgan fingerprint density at radius 1 is 1.21 bits per heavy atom. The van der Waals surface area contributed by atoms with Crippen LogP contribution in [-0.4, -0.2) is 44.7 Å². The maximum atomic E-state index is 12.4. The van der Waals surface area contributed by atoms with Crippen LogP contribution in [0.2, 0.25) is 5.02 Å². The molecule has 1 aliphatic heterocycles. The van der Waals surface area contributed by atoms with Crippen LogP contribution in [-0.2, 0) is 4.79 Å². The zero-order valence-electron chi connectivity index (χ0n) is 12.6. The van der Waals surface area contributed by atoms with E-state index in [1.54, 1.807) is 18.2 Å². The van der Waals surface area contributed by atoms with Gasteiger partial charge in [-0.25, -0.2) is 4.79 Å². The fraction of sp³-hybridized carbons (Fsp3) is 0.250. The third-order valence-electron chi connectivity index (χ3n) is 3.71. The summed E-state index contributed by atoms with van der Waals surface area (Å²) in [5.41, 5.74) is 0.145. The van der Waals surface area contributed by atoms with E-state index in [2.05, 4.69) is 10.2 Å². The van der Waals surface area contributed by atoms with Crippen LogP contribution in [0.1, 0.15) is 23.3 Å². The van der Waals surface area contributed by atoms with Crippen LogP contribution in [0, 0.1) is 0 Å². The average Bonchev–Trinajstić information content (AvgIpc) is 3.07. The van der Waals surface area contributed by atoms with E-state index in [-0.39, 0.29) is 5.69 Å². The number of amides is 1. The fourth-order valence-corrected chi connectivity index (χ4v) is 3.55. The van der Waals surface area contributed by atoms with Gasteiger partial charge in [0.25, 0.3) is 5.91 Å². The summed E-state index contributed by atoms with van der Waals surface area (Å²) in [6, 6.07) is 9.83. The molecule has 2 aromatic rings. The molecule has 0 aliphatic carbocycles. The Labute approximate surface area is 147 Å². The summed E-state index contributed by atoms with van der Waals surface area (Å²) < 4.78 is 0. The monoisotopic (exact) mass is 363 g/mol. The van der Waals surface area contributed by atoms with Gasteiger partial charge in [-0.3, -0.25) is 4.79 Å². The van der Waals surface area contributed by atoms with E-state index >= 15 is 0 Å². The summed E-state index contributed by atoms with van der Waals surface area (Å²) in [4.78, 5) is 25.8. The highest BCUT2D eigenvalue weighted by Crippen LogP contribution is 2.31. The molecule has 6 nitrogen and oxygen atoms in total. The topological polar surface area (TPSA) is 83.4 Å². The van der Waals surface area contributed by atoms with E-state index in [0.29, 0.717) is 29.4 Å². The van der Waals surface area contributed by atoms with Gasteiger partial charge in [-0.1, -0.05) is 35.5 Å². The van der Waals surface area contributed by atoms with Gasteiger partial charge < -0.3 is 10.0 Å². The molecule has 0 saturated carbocycles. The quantitative estimate of drug-likeness (QED) is 0.899. The molecule has 0 radical (unpaired) electrons. The highest BCUT2D eigenvalue weighted by Gasteiger charge is 2.35. The van der Waals surface area contributed by atoms with Crippen molar-refractivity contribution in [2.75, 3.05) is 6.54 Å². The highest BCUT2D eigenvalue weighted by molar-refractivity contribution is 7.99. The van der Waals surface area contributed by atoms with Gasteiger partial charge in [0.05, 0.1) is 5.02 Å². The molecule has 1 aromatic heterocycles. The lowest BCUT2D eigenvalue weighted by Crippen LogP contribution is -2.40. The molecule has 2 heterocycles. The van der Waals surface area contributed by atoms with Crippen molar-refractivity contribution >= 4 is 35.2 Å². The Bertz CT molecular complexity index is 769. The van der Waals surface area contributed by atoms with Crippen LogP contribution in [0.5, 0.6) is 0 Å². The first-order valence-corrected chi connectivity index (χ1v) is 8.55. The maximum Gasteiger partial charge on any atom is 0.326 e. The van der Waals surface area contributed by atoms with Gasteiger partial charge in [-0.05, 0) is 37.1 Å². The molecule has 0 spiro atoms. The summed E-state index contributed by atoms with van der Waals surface area (Å²) in [6.45, 7) is 0.424. The summed E-state index contributed by atoms with van der Waals surface area (Å²) in [5, 5.41) is 18.4. The normalized spacial score (nSPS) is 17.0. The minimum Gasteiger partial charge on any atom is -0.480 e. The second-order valence-corrected chi connectivity index (χ2v) is 6.75. The lowest BCUT2D eigenvalue weighted by molar-refractivity contribution is -0.141. The Kier molecular flexibility index (Phi) is 5.01. The number of carboxylic acid groups (broad SMARTS) is 1. The molecule has 0 unspecified atom stereocenters. The Morgan fingerprint density at radius 2 is 2.00 bits per heavy atom. The van der Waals surface area contributed by atoms with Crippen molar-refractivity contribution in [3.8, 4) is 0 Å². The van der Waals surface area contributed by atoms with Crippen molar-refractivity contribution in [1.82, 2.24) is 15.1 Å². The molecular weight excluding hydrogens is 350 g/mol. The van der Waals surface area contributed by atoms with Gasteiger partial charge in [0, 0.05) is 11.4 Å². The molecule has 0 bridgehead atoms. The summed E-state index contributed by atoms with van der Waals surface area (Å²) in [6.07, 6.45) is 1.14. The molecule has 1 saturated heterocycles. The Morgan fingerprint density at radius 3 is 2.67 bits per heavy atom. The maximum absolute atomic E-state index is 12.4. The number of hydrogen-bond acceptors (Lipinski definition) is 5. The van der Waals surface area contributed by atoms with Crippen molar-refractivity contribution in [1.29, 1.82) is 0 Å². The number of likely N-dealkylation sites (tertiary alicyclic amines) is 1. The zero-order chi connectivity index (χ0) is 17.1. The highest BCUT2D eigenvalue weighted by atomic mass is 35.5. The van der Waals surface area contributed by atoms with Gasteiger partial charge in [-0.15, -0.1) is 10.2 Å². The van der Waals surface area contributed by atoms with Crippen molar-refractivity contribution in [2.45, 2.75) is 28.8 Å². The van der Waals surface area contributed by atoms with Gasteiger partial charge >= 0.3 is 5.97 Å². The van der Waals surface area contributed by atoms with Crippen LogP contribution in [0.15, 0.2) is 46.3 Å². The van der Waals surface area contributed by atoms with Crippen LogP contribution in [0.4, 0.5) is 0 Å². The number of carbonyl (C=O) groups excluding carboxylic acids is 1. The molecule has 8 heteroatoms. The van der Waals surface area contributed by atoms with Gasteiger partial charge in [0.15, 0.2) is 5.69 Å². The second kappa shape index (κ2) is 7.19. The van der Waals surface area contributed by atoms with Crippen molar-refractivity contribution in [2.24, 2.45) is 0 Å². The molecule has 1 amide bonds. The number of aliphatic carboxylic acids is 1. The lowest BCUT2D eigenvalue weighted by atomic mass is 10.2. The first-order valence-electron chi connectivity index (χ1n) is 7.36. The number of carbonyl (C=O) groups is 2. The molecule has 1 fully saturated rings. The third kappa shape index (κ3) is 3.52. The molecule has 1 atom stereocenters. The SMILES string of the molecule is O=C(O)[C@H]1CCCN1C(=O)c1ccc(Sc2ccccc2Cl)nn1.